The van der Waals surface area contributed by atoms with E-state index in [1.807, 2.05) is 32.9 Å². The van der Waals surface area contributed by atoms with Crippen molar-refractivity contribution in [2.24, 2.45) is 0 Å². The molecule has 1 atom stereocenters. The summed E-state index contributed by atoms with van der Waals surface area (Å²) in [6.45, 7) is 12.0. The van der Waals surface area contributed by atoms with Gasteiger partial charge in [-0.1, -0.05) is 89.6 Å². The highest BCUT2D eigenvalue weighted by molar-refractivity contribution is 5.98. The van der Waals surface area contributed by atoms with E-state index in [1.54, 1.807) is 85.8 Å². The molecule has 46 heavy (non-hydrogen) atoms. The summed E-state index contributed by atoms with van der Waals surface area (Å²) >= 11 is 0. The van der Waals surface area contributed by atoms with Crippen LogP contribution in [0.25, 0.3) is 0 Å². The van der Waals surface area contributed by atoms with Crippen molar-refractivity contribution in [3.05, 3.63) is 114 Å². The molecule has 0 fully saturated rings. The van der Waals surface area contributed by atoms with Gasteiger partial charge in [-0.15, -0.1) is 0 Å². The Morgan fingerprint density at radius 2 is 1.37 bits per heavy atom. The Balaban J connectivity index is 0.00000139. The molecule has 0 spiro atoms. The topological polar surface area (TPSA) is 117 Å². The standard InChI is InChI=1S/C32H33N3O6.C3H8.C2H6/c1-3-20-33-32(38)25-16-19-30(41-35(39,26-10-6-4-7-11-26)27-12-8-5-9-13-27)29(21-25)34-31(37)22-40-28-17-14-24(15-18-28)23(2)36;1-3-2;1-2/h4-19,21,23,36,39H,3,20,22H2,1-2H3,(H-,33,34,37,38);3H2,1-2H3;1-2H3/p+1. The number of amides is 2. The second-order valence-electron chi connectivity index (χ2n) is 10.1. The Morgan fingerprint density at radius 1 is 0.826 bits per heavy atom. The number of hydrogen-bond donors (Lipinski definition) is 4. The van der Waals surface area contributed by atoms with Gasteiger partial charge in [0.1, 0.15) is 5.75 Å². The van der Waals surface area contributed by atoms with Gasteiger partial charge in [-0.25, -0.2) is 0 Å². The first-order valence-corrected chi connectivity index (χ1v) is 15.8. The number of rotatable bonds is 12. The van der Waals surface area contributed by atoms with Crippen LogP contribution in [0.1, 0.15) is 76.4 Å². The minimum atomic E-state index is -1.04. The van der Waals surface area contributed by atoms with E-state index in [0.29, 0.717) is 29.2 Å². The van der Waals surface area contributed by atoms with E-state index in [9.17, 15) is 19.9 Å². The maximum Gasteiger partial charge on any atom is 0.262 e. The normalized spacial score (nSPS) is 11.0. The number of aliphatic hydroxyl groups excluding tert-OH is 1. The van der Waals surface area contributed by atoms with Crippen molar-refractivity contribution in [3.8, 4) is 11.5 Å². The van der Waals surface area contributed by atoms with E-state index in [1.165, 1.54) is 18.6 Å². The van der Waals surface area contributed by atoms with Crippen LogP contribution in [0.5, 0.6) is 11.5 Å². The lowest BCUT2D eigenvalue weighted by atomic mass is 10.1. The van der Waals surface area contributed by atoms with E-state index in [0.717, 1.165) is 12.0 Å². The molecule has 0 saturated carbocycles. The summed E-state index contributed by atoms with van der Waals surface area (Å²) < 4.78 is 5.62. The molecule has 0 aliphatic heterocycles. The first kappa shape index (κ1) is 37.5. The number of carbonyl (C=O) groups is 2. The molecule has 4 aromatic rings. The number of benzene rings is 4. The quantitative estimate of drug-likeness (QED) is 0.0923. The molecule has 0 aliphatic rings. The molecule has 9 nitrogen and oxygen atoms in total. The van der Waals surface area contributed by atoms with E-state index in [-0.39, 0.29) is 24.0 Å². The molecule has 4 rings (SSSR count). The maximum absolute atomic E-state index is 13.0. The Hall–Kier alpha value is -4.70. The molecule has 2 amide bonds. The lowest BCUT2D eigenvalue weighted by Crippen LogP contribution is -2.44. The molecule has 1 unspecified atom stereocenters. The van der Waals surface area contributed by atoms with Crippen molar-refractivity contribution in [2.45, 2.75) is 60.5 Å². The zero-order chi connectivity index (χ0) is 34.0. The predicted molar refractivity (Wildman–Crippen MR) is 184 cm³/mol. The van der Waals surface area contributed by atoms with Crippen LogP contribution in [0.3, 0.4) is 0 Å². The molecule has 246 valence electrons. The number of anilines is 1. The van der Waals surface area contributed by atoms with Crippen LogP contribution in [-0.2, 0) is 4.79 Å². The highest BCUT2D eigenvalue weighted by atomic mass is 16.9. The second-order valence-corrected chi connectivity index (χ2v) is 10.1. The maximum atomic E-state index is 13.0. The molecule has 0 heterocycles. The zero-order valence-corrected chi connectivity index (χ0v) is 27.7. The lowest BCUT2D eigenvalue weighted by molar-refractivity contribution is -0.220. The number of nitrogens with one attached hydrogen (secondary N) is 2. The fourth-order valence-corrected chi connectivity index (χ4v) is 4.02. The first-order valence-electron chi connectivity index (χ1n) is 15.8. The number of quaternary nitrogens is 1. The average Bonchev–Trinajstić information content (AvgIpc) is 3.09. The summed E-state index contributed by atoms with van der Waals surface area (Å²) in [5.74, 6) is -0.231. The Labute approximate surface area is 272 Å². The first-order chi connectivity index (χ1) is 22.2. The smallest absolute Gasteiger partial charge is 0.262 e. The SMILES string of the molecule is CC.CCC.CCCNC(=O)c1ccc(O[N+](O)(c2ccccc2)c2ccccc2)c(NC(=O)COc2ccc(C(C)O)cc2)c1. The van der Waals surface area contributed by atoms with Gasteiger partial charge in [0.2, 0.25) is 17.1 Å². The van der Waals surface area contributed by atoms with Gasteiger partial charge in [0, 0.05) is 36.4 Å². The van der Waals surface area contributed by atoms with Gasteiger partial charge in [-0.05, 0) is 49.2 Å². The van der Waals surface area contributed by atoms with Gasteiger partial charge >= 0.3 is 0 Å². The molecule has 0 aliphatic carbocycles. The third kappa shape index (κ3) is 11.0. The number of aliphatic hydroxyl groups is 1. The fourth-order valence-electron chi connectivity index (χ4n) is 4.02. The highest BCUT2D eigenvalue weighted by Gasteiger charge is 2.37. The van der Waals surface area contributed by atoms with Crippen LogP contribution in [0.15, 0.2) is 103 Å². The van der Waals surface area contributed by atoms with Crippen LogP contribution >= 0.6 is 0 Å². The Bertz CT molecular complexity index is 1420. The summed E-state index contributed by atoms with van der Waals surface area (Å²) in [6.07, 6.45) is 1.40. The Kier molecular flexibility index (Phi) is 16.0. The molecule has 0 bridgehead atoms. The monoisotopic (exact) mass is 630 g/mol. The largest absolute Gasteiger partial charge is 0.484 e. The van der Waals surface area contributed by atoms with Crippen molar-refractivity contribution in [2.75, 3.05) is 18.5 Å². The van der Waals surface area contributed by atoms with Gasteiger partial charge in [-0.2, -0.15) is 5.21 Å². The third-order valence-electron chi connectivity index (χ3n) is 6.23. The van der Waals surface area contributed by atoms with Crippen LogP contribution in [-0.4, -0.2) is 35.3 Å². The summed E-state index contributed by atoms with van der Waals surface area (Å²) in [5, 5.41) is 27.1. The van der Waals surface area contributed by atoms with Crippen LogP contribution < -0.4 is 25.0 Å². The van der Waals surface area contributed by atoms with Crippen LogP contribution in [0.2, 0.25) is 0 Å². The molecule has 9 heteroatoms. The summed E-state index contributed by atoms with van der Waals surface area (Å²) in [5.41, 5.74) is 2.06. The number of carbonyl (C=O) groups excluding carboxylic acids is 2. The fraction of sp³-hybridized carbons (Fsp3) is 0.297. The van der Waals surface area contributed by atoms with Crippen LogP contribution in [0.4, 0.5) is 17.1 Å². The molecule has 4 aromatic carbocycles. The van der Waals surface area contributed by atoms with Gasteiger partial charge in [0.25, 0.3) is 11.8 Å². The van der Waals surface area contributed by atoms with Crippen molar-refractivity contribution >= 4 is 28.9 Å². The number of hydrogen-bond acceptors (Lipinski definition) is 6. The van der Waals surface area contributed by atoms with Crippen molar-refractivity contribution in [3.63, 3.8) is 0 Å². The van der Waals surface area contributed by atoms with Crippen LogP contribution in [0, 0.1) is 0 Å². The predicted octanol–water partition coefficient (Wildman–Crippen LogP) is 8.36. The van der Waals surface area contributed by atoms with Gasteiger partial charge in [0.15, 0.2) is 6.61 Å². The molecular weight excluding hydrogens is 582 g/mol. The van der Waals surface area contributed by atoms with E-state index < -0.39 is 16.8 Å². The second kappa shape index (κ2) is 19.6. The molecule has 4 N–H and O–H groups in total. The Morgan fingerprint density at radius 3 is 1.87 bits per heavy atom. The van der Waals surface area contributed by atoms with Crippen molar-refractivity contribution in [1.82, 2.24) is 10.1 Å². The summed E-state index contributed by atoms with van der Waals surface area (Å²) in [6, 6.07) is 29.0. The number of ether oxygens (including phenoxy) is 1. The molecule has 0 aromatic heterocycles. The van der Waals surface area contributed by atoms with Gasteiger partial charge in [-0.3, -0.25) is 14.4 Å². The zero-order valence-electron chi connectivity index (χ0n) is 27.7. The average molecular weight is 631 g/mol. The van der Waals surface area contributed by atoms with E-state index >= 15 is 0 Å². The molecule has 0 saturated heterocycles. The number of para-hydroxylation sites is 2. The van der Waals surface area contributed by atoms with Gasteiger partial charge < -0.3 is 20.5 Å². The minimum Gasteiger partial charge on any atom is -0.484 e. The summed E-state index contributed by atoms with van der Waals surface area (Å²) in [7, 11) is 0. The highest BCUT2D eigenvalue weighted by Crippen LogP contribution is 2.37. The lowest BCUT2D eigenvalue weighted by Gasteiger charge is -2.27. The van der Waals surface area contributed by atoms with Gasteiger partial charge in [0.05, 0.1) is 16.6 Å². The van der Waals surface area contributed by atoms with E-state index in [4.69, 9.17) is 9.57 Å². The molecule has 0 radical (unpaired) electrons. The van der Waals surface area contributed by atoms with E-state index in [2.05, 4.69) is 24.5 Å². The minimum absolute atomic E-state index is 0.127. The van der Waals surface area contributed by atoms with Crippen molar-refractivity contribution < 1.29 is 29.5 Å². The number of nitrogens with zero attached hydrogens (tertiary/aromatic N) is 1. The van der Waals surface area contributed by atoms with Crippen molar-refractivity contribution in [1.29, 1.82) is 0 Å². The summed E-state index contributed by atoms with van der Waals surface area (Å²) in [4.78, 5) is 30.8. The third-order valence-corrected chi connectivity index (χ3v) is 6.23. The molecular formula is C37H48N3O6+.